The Morgan fingerprint density at radius 3 is 2.32 bits per heavy atom. The second kappa shape index (κ2) is 10.6. The quantitative estimate of drug-likeness (QED) is 0.551. The van der Waals surface area contributed by atoms with Gasteiger partial charge in [-0.2, -0.15) is 5.26 Å². The Balaban J connectivity index is 1.99. The van der Waals surface area contributed by atoms with Gasteiger partial charge >= 0.3 is 0 Å². The molecule has 0 unspecified atom stereocenters. The summed E-state index contributed by atoms with van der Waals surface area (Å²) in [5.74, 6) is 1.06. The smallest absolute Gasteiger partial charge is 0.111 e. The predicted molar refractivity (Wildman–Crippen MR) is 78.8 cm³/mol. The normalized spacial score (nSPS) is 10.5. The SMILES string of the molecule is CCCCCCCCCCCc1nccn1CC#N. The highest BCUT2D eigenvalue weighted by molar-refractivity contribution is 4.95. The molecule has 19 heavy (non-hydrogen) atoms. The zero-order chi connectivity index (χ0) is 13.8. The Kier molecular flexibility index (Phi) is 8.80. The molecule has 3 nitrogen and oxygen atoms in total. The lowest BCUT2D eigenvalue weighted by molar-refractivity contribution is 0.558. The second-order valence-corrected chi connectivity index (χ2v) is 5.21. The standard InChI is InChI=1S/C16H27N3/c1-2-3-4-5-6-7-8-9-10-11-16-18-13-15-19(16)14-12-17/h13,15H,2-11,14H2,1H3. The number of rotatable bonds is 11. The van der Waals surface area contributed by atoms with Crippen molar-refractivity contribution in [1.82, 2.24) is 9.55 Å². The first-order valence-corrected chi connectivity index (χ1v) is 7.75. The van der Waals surface area contributed by atoms with Crippen LogP contribution in [0.2, 0.25) is 0 Å². The van der Waals surface area contributed by atoms with Crippen LogP contribution in [0, 0.1) is 11.3 Å². The molecule has 0 fully saturated rings. The Morgan fingerprint density at radius 2 is 1.68 bits per heavy atom. The lowest BCUT2D eigenvalue weighted by Gasteiger charge is -2.04. The molecule has 0 saturated carbocycles. The van der Waals surface area contributed by atoms with Crippen LogP contribution in [0.3, 0.4) is 0 Å². The van der Waals surface area contributed by atoms with Crippen molar-refractivity contribution in [2.45, 2.75) is 77.7 Å². The molecule has 0 aliphatic heterocycles. The molecule has 0 radical (unpaired) electrons. The lowest BCUT2D eigenvalue weighted by atomic mass is 10.1. The van der Waals surface area contributed by atoms with Gasteiger partial charge in [-0.1, -0.05) is 58.3 Å². The first kappa shape index (κ1) is 15.8. The van der Waals surface area contributed by atoms with E-state index in [0.717, 1.165) is 12.2 Å². The number of aryl methyl sites for hydroxylation is 1. The van der Waals surface area contributed by atoms with Gasteiger partial charge in [0.15, 0.2) is 0 Å². The molecule has 0 amide bonds. The highest BCUT2D eigenvalue weighted by Crippen LogP contribution is 2.11. The maximum atomic E-state index is 8.69. The van der Waals surface area contributed by atoms with E-state index >= 15 is 0 Å². The molecule has 1 rings (SSSR count). The van der Waals surface area contributed by atoms with Crippen molar-refractivity contribution in [3.05, 3.63) is 18.2 Å². The van der Waals surface area contributed by atoms with Crippen molar-refractivity contribution in [3.63, 3.8) is 0 Å². The fraction of sp³-hybridized carbons (Fsp3) is 0.750. The summed E-state index contributed by atoms with van der Waals surface area (Å²) in [6.07, 6.45) is 16.8. The summed E-state index contributed by atoms with van der Waals surface area (Å²) in [5.41, 5.74) is 0. The molecule has 1 heterocycles. The minimum absolute atomic E-state index is 0.423. The number of hydrogen-bond donors (Lipinski definition) is 0. The molecule has 1 aromatic heterocycles. The molecule has 0 atom stereocenters. The largest absolute Gasteiger partial charge is 0.321 e. The van der Waals surface area contributed by atoms with E-state index in [1.807, 2.05) is 10.8 Å². The van der Waals surface area contributed by atoms with Gasteiger partial charge in [-0.3, -0.25) is 0 Å². The van der Waals surface area contributed by atoms with Crippen LogP contribution in [-0.2, 0) is 13.0 Å². The second-order valence-electron chi connectivity index (χ2n) is 5.21. The Morgan fingerprint density at radius 1 is 1.05 bits per heavy atom. The average molecular weight is 261 g/mol. The summed E-state index contributed by atoms with van der Waals surface area (Å²) >= 11 is 0. The van der Waals surface area contributed by atoms with Gasteiger partial charge in [-0.25, -0.2) is 4.98 Å². The van der Waals surface area contributed by atoms with Crippen LogP contribution in [0.5, 0.6) is 0 Å². The van der Waals surface area contributed by atoms with Crippen LogP contribution < -0.4 is 0 Å². The van der Waals surface area contributed by atoms with Crippen LogP contribution in [0.1, 0.15) is 70.5 Å². The molecule has 0 N–H and O–H groups in total. The third-order valence-corrected chi connectivity index (χ3v) is 3.55. The molecule has 1 aromatic rings. The highest BCUT2D eigenvalue weighted by atomic mass is 15.1. The van der Waals surface area contributed by atoms with Crippen molar-refractivity contribution in [1.29, 1.82) is 5.26 Å². The highest BCUT2D eigenvalue weighted by Gasteiger charge is 2.01. The molecular weight excluding hydrogens is 234 g/mol. The number of unbranched alkanes of at least 4 members (excludes halogenated alkanes) is 8. The van der Waals surface area contributed by atoms with Gasteiger partial charge in [0.05, 0.1) is 6.07 Å². The number of nitriles is 1. The lowest BCUT2D eigenvalue weighted by Crippen LogP contribution is -2.01. The van der Waals surface area contributed by atoms with E-state index < -0.39 is 0 Å². The van der Waals surface area contributed by atoms with Crippen LogP contribution >= 0.6 is 0 Å². The van der Waals surface area contributed by atoms with Crippen LogP contribution in [0.15, 0.2) is 12.4 Å². The zero-order valence-electron chi connectivity index (χ0n) is 12.3. The van der Waals surface area contributed by atoms with Gasteiger partial charge < -0.3 is 4.57 Å². The summed E-state index contributed by atoms with van der Waals surface area (Å²) in [5, 5.41) is 8.69. The van der Waals surface area contributed by atoms with E-state index in [9.17, 15) is 0 Å². The minimum atomic E-state index is 0.423. The fourth-order valence-electron chi connectivity index (χ4n) is 2.38. The van der Waals surface area contributed by atoms with Crippen molar-refractivity contribution in [2.24, 2.45) is 0 Å². The van der Waals surface area contributed by atoms with E-state index in [4.69, 9.17) is 5.26 Å². The third-order valence-electron chi connectivity index (χ3n) is 3.55. The van der Waals surface area contributed by atoms with E-state index in [1.54, 1.807) is 6.20 Å². The number of nitrogens with zero attached hydrogens (tertiary/aromatic N) is 3. The van der Waals surface area contributed by atoms with Crippen LogP contribution in [-0.4, -0.2) is 9.55 Å². The van der Waals surface area contributed by atoms with Gasteiger partial charge in [0.1, 0.15) is 12.4 Å². The van der Waals surface area contributed by atoms with Crippen molar-refractivity contribution in [3.8, 4) is 6.07 Å². The molecular formula is C16H27N3. The zero-order valence-corrected chi connectivity index (χ0v) is 12.3. The summed E-state index contributed by atoms with van der Waals surface area (Å²) in [4.78, 5) is 4.31. The first-order chi connectivity index (χ1) is 9.38. The Bertz CT molecular complexity index is 362. The van der Waals surface area contributed by atoms with E-state index in [1.165, 1.54) is 57.8 Å². The van der Waals surface area contributed by atoms with Crippen molar-refractivity contribution < 1.29 is 0 Å². The number of hydrogen-bond acceptors (Lipinski definition) is 2. The van der Waals surface area contributed by atoms with Gasteiger partial charge in [-0.15, -0.1) is 0 Å². The Labute approximate surface area is 117 Å². The van der Waals surface area contributed by atoms with Crippen molar-refractivity contribution >= 4 is 0 Å². The van der Waals surface area contributed by atoms with Crippen molar-refractivity contribution in [2.75, 3.05) is 0 Å². The minimum Gasteiger partial charge on any atom is -0.321 e. The molecule has 0 aliphatic rings. The monoisotopic (exact) mass is 261 g/mol. The number of imidazole rings is 1. The van der Waals surface area contributed by atoms with Gasteiger partial charge in [0.25, 0.3) is 0 Å². The van der Waals surface area contributed by atoms with Gasteiger partial charge in [0.2, 0.25) is 0 Å². The third kappa shape index (κ3) is 7.00. The first-order valence-electron chi connectivity index (χ1n) is 7.75. The van der Waals surface area contributed by atoms with E-state index in [0.29, 0.717) is 6.54 Å². The summed E-state index contributed by atoms with van der Waals surface area (Å²) in [6, 6.07) is 2.17. The van der Waals surface area contributed by atoms with E-state index in [-0.39, 0.29) is 0 Å². The topological polar surface area (TPSA) is 41.6 Å². The maximum absolute atomic E-state index is 8.69. The fourth-order valence-corrected chi connectivity index (χ4v) is 2.38. The molecule has 0 spiro atoms. The molecule has 0 bridgehead atoms. The molecule has 106 valence electrons. The maximum Gasteiger partial charge on any atom is 0.111 e. The van der Waals surface area contributed by atoms with E-state index in [2.05, 4.69) is 18.0 Å². The Hall–Kier alpha value is -1.30. The average Bonchev–Trinajstić information content (AvgIpc) is 2.85. The van der Waals surface area contributed by atoms with Crippen LogP contribution in [0.25, 0.3) is 0 Å². The molecule has 0 saturated heterocycles. The molecule has 0 aromatic carbocycles. The molecule has 0 aliphatic carbocycles. The number of aromatic nitrogens is 2. The van der Waals surface area contributed by atoms with Gasteiger partial charge in [-0.05, 0) is 6.42 Å². The van der Waals surface area contributed by atoms with Crippen LogP contribution in [0.4, 0.5) is 0 Å². The summed E-state index contributed by atoms with van der Waals surface area (Å²) in [6.45, 7) is 2.68. The van der Waals surface area contributed by atoms with Gasteiger partial charge in [0, 0.05) is 18.8 Å². The molecule has 3 heteroatoms. The summed E-state index contributed by atoms with van der Waals surface area (Å²) in [7, 11) is 0. The predicted octanol–water partition coefficient (Wildman–Crippen LogP) is 4.48. The summed E-state index contributed by atoms with van der Waals surface area (Å²) < 4.78 is 1.95.